The summed E-state index contributed by atoms with van der Waals surface area (Å²) in [6.45, 7) is 7.46. The standard InChI is InChI=1S/C17H22ClN3/c1-14-13-17(15-5-2-3-6-16(15)19-14)21-9-4-8-20(10-7-18)11-12-21/h2-3,5-6,13H,4,7-12H2,1H3. The summed E-state index contributed by atoms with van der Waals surface area (Å²) in [4.78, 5) is 9.61. The smallest absolute Gasteiger partial charge is 0.0726 e. The van der Waals surface area contributed by atoms with E-state index in [1.165, 1.54) is 17.5 Å². The summed E-state index contributed by atoms with van der Waals surface area (Å²) in [5, 5.41) is 1.26. The van der Waals surface area contributed by atoms with Crippen LogP contribution in [0, 0.1) is 6.92 Å². The maximum atomic E-state index is 5.88. The van der Waals surface area contributed by atoms with Gasteiger partial charge in [-0.1, -0.05) is 18.2 Å². The van der Waals surface area contributed by atoms with Gasteiger partial charge in [-0.15, -0.1) is 11.6 Å². The van der Waals surface area contributed by atoms with Crippen molar-refractivity contribution in [2.45, 2.75) is 13.3 Å². The number of benzene rings is 1. The van der Waals surface area contributed by atoms with E-state index in [1.54, 1.807) is 0 Å². The second-order valence-corrected chi connectivity index (χ2v) is 6.05. The molecule has 0 radical (unpaired) electrons. The van der Waals surface area contributed by atoms with Crippen LogP contribution in [-0.2, 0) is 0 Å². The van der Waals surface area contributed by atoms with Crippen molar-refractivity contribution in [1.29, 1.82) is 0 Å². The molecule has 0 saturated carbocycles. The van der Waals surface area contributed by atoms with E-state index in [0.717, 1.165) is 49.8 Å². The van der Waals surface area contributed by atoms with Gasteiger partial charge in [-0.25, -0.2) is 0 Å². The van der Waals surface area contributed by atoms with Crippen LogP contribution in [-0.4, -0.2) is 48.5 Å². The number of hydrogen-bond acceptors (Lipinski definition) is 3. The zero-order valence-corrected chi connectivity index (χ0v) is 13.3. The number of pyridine rings is 1. The van der Waals surface area contributed by atoms with Gasteiger partial charge in [0, 0.05) is 48.8 Å². The molecular formula is C17H22ClN3. The van der Waals surface area contributed by atoms with Crippen LogP contribution in [0.4, 0.5) is 5.69 Å². The van der Waals surface area contributed by atoms with Gasteiger partial charge in [0.05, 0.1) is 5.52 Å². The molecule has 0 spiro atoms. The molecule has 2 heterocycles. The molecule has 0 aliphatic carbocycles. The summed E-state index contributed by atoms with van der Waals surface area (Å²) in [6, 6.07) is 10.7. The van der Waals surface area contributed by atoms with Crippen molar-refractivity contribution in [2.75, 3.05) is 43.5 Å². The minimum absolute atomic E-state index is 0.720. The lowest BCUT2D eigenvalue weighted by Gasteiger charge is -2.25. The minimum Gasteiger partial charge on any atom is -0.370 e. The topological polar surface area (TPSA) is 19.4 Å². The highest BCUT2D eigenvalue weighted by Crippen LogP contribution is 2.27. The number of anilines is 1. The van der Waals surface area contributed by atoms with Crippen molar-refractivity contribution < 1.29 is 0 Å². The average Bonchev–Trinajstić information content (AvgIpc) is 2.72. The Kier molecular flexibility index (Phi) is 4.61. The number of para-hydroxylation sites is 1. The molecule has 3 rings (SSSR count). The number of nitrogens with zero attached hydrogens (tertiary/aromatic N) is 3. The Balaban J connectivity index is 1.89. The monoisotopic (exact) mass is 303 g/mol. The van der Waals surface area contributed by atoms with Gasteiger partial charge in [-0.2, -0.15) is 0 Å². The second-order valence-electron chi connectivity index (χ2n) is 5.67. The largest absolute Gasteiger partial charge is 0.370 e. The Morgan fingerprint density at radius 1 is 1.14 bits per heavy atom. The number of hydrogen-bond donors (Lipinski definition) is 0. The number of rotatable bonds is 3. The Morgan fingerprint density at radius 3 is 2.86 bits per heavy atom. The molecule has 2 aromatic rings. The Morgan fingerprint density at radius 2 is 2.00 bits per heavy atom. The fraction of sp³-hybridized carbons (Fsp3) is 0.471. The summed E-state index contributed by atoms with van der Waals surface area (Å²) >= 11 is 5.88. The molecule has 1 aromatic carbocycles. The Bertz CT molecular complexity index is 614. The van der Waals surface area contributed by atoms with E-state index in [4.69, 9.17) is 11.6 Å². The highest BCUT2D eigenvalue weighted by molar-refractivity contribution is 6.18. The fourth-order valence-electron chi connectivity index (χ4n) is 3.10. The van der Waals surface area contributed by atoms with E-state index in [0.29, 0.717) is 0 Å². The van der Waals surface area contributed by atoms with Crippen molar-refractivity contribution in [3.63, 3.8) is 0 Å². The zero-order valence-electron chi connectivity index (χ0n) is 12.6. The van der Waals surface area contributed by atoms with Crippen LogP contribution >= 0.6 is 11.6 Å². The van der Waals surface area contributed by atoms with E-state index in [-0.39, 0.29) is 0 Å². The SMILES string of the molecule is Cc1cc(N2CCCN(CCCl)CC2)c2ccccc2n1. The van der Waals surface area contributed by atoms with Crippen LogP contribution in [0.25, 0.3) is 10.9 Å². The summed E-state index contributed by atoms with van der Waals surface area (Å²) in [7, 11) is 0. The maximum Gasteiger partial charge on any atom is 0.0726 e. The van der Waals surface area contributed by atoms with Gasteiger partial charge in [0.2, 0.25) is 0 Å². The van der Waals surface area contributed by atoms with Crippen LogP contribution in [0.5, 0.6) is 0 Å². The van der Waals surface area contributed by atoms with E-state index >= 15 is 0 Å². The molecule has 0 bridgehead atoms. The van der Waals surface area contributed by atoms with Crippen LogP contribution in [0.1, 0.15) is 12.1 Å². The third-order valence-electron chi connectivity index (χ3n) is 4.15. The highest BCUT2D eigenvalue weighted by atomic mass is 35.5. The molecule has 1 fully saturated rings. The van der Waals surface area contributed by atoms with E-state index in [9.17, 15) is 0 Å². The van der Waals surface area contributed by atoms with Gasteiger partial charge < -0.3 is 9.80 Å². The van der Waals surface area contributed by atoms with Crippen molar-refractivity contribution in [3.8, 4) is 0 Å². The first-order valence-corrected chi connectivity index (χ1v) is 8.21. The Labute approximate surface area is 131 Å². The third kappa shape index (κ3) is 3.30. The van der Waals surface area contributed by atoms with E-state index in [1.807, 2.05) is 0 Å². The molecule has 1 aromatic heterocycles. The normalized spacial score (nSPS) is 17.1. The summed E-state index contributed by atoms with van der Waals surface area (Å²) in [5.41, 5.74) is 3.51. The summed E-state index contributed by atoms with van der Waals surface area (Å²) < 4.78 is 0. The number of fused-ring (bicyclic) bond motifs is 1. The molecule has 112 valence electrons. The first kappa shape index (κ1) is 14.6. The molecular weight excluding hydrogens is 282 g/mol. The van der Waals surface area contributed by atoms with Crippen molar-refractivity contribution in [3.05, 3.63) is 36.0 Å². The van der Waals surface area contributed by atoms with Crippen LogP contribution < -0.4 is 4.90 Å². The molecule has 1 aliphatic rings. The molecule has 3 nitrogen and oxygen atoms in total. The Hall–Kier alpha value is -1.32. The quantitative estimate of drug-likeness (QED) is 0.811. The third-order valence-corrected chi connectivity index (χ3v) is 4.32. The number of alkyl halides is 1. The van der Waals surface area contributed by atoms with Gasteiger partial charge >= 0.3 is 0 Å². The lowest BCUT2D eigenvalue weighted by molar-refractivity contribution is 0.311. The van der Waals surface area contributed by atoms with E-state index in [2.05, 4.69) is 52.0 Å². The lowest BCUT2D eigenvalue weighted by atomic mass is 10.1. The van der Waals surface area contributed by atoms with Crippen molar-refractivity contribution in [2.24, 2.45) is 0 Å². The first-order valence-electron chi connectivity index (χ1n) is 7.67. The lowest BCUT2D eigenvalue weighted by Crippen LogP contribution is -2.32. The average molecular weight is 304 g/mol. The number of aryl methyl sites for hydroxylation is 1. The van der Waals surface area contributed by atoms with Gasteiger partial charge in [-0.05, 0) is 32.0 Å². The molecule has 4 heteroatoms. The molecule has 0 N–H and O–H groups in total. The van der Waals surface area contributed by atoms with Gasteiger partial charge in [0.1, 0.15) is 0 Å². The molecule has 1 saturated heterocycles. The van der Waals surface area contributed by atoms with Crippen molar-refractivity contribution in [1.82, 2.24) is 9.88 Å². The zero-order chi connectivity index (χ0) is 14.7. The maximum absolute atomic E-state index is 5.88. The van der Waals surface area contributed by atoms with Gasteiger partial charge in [0.15, 0.2) is 0 Å². The number of halogens is 1. The minimum atomic E-state index is 0.720. The van der Waals surface area contributed by atoms with Crippen LogP contribution in [0.2, 0.25) is 0 Å². The van der Waals surface area contributed by atoms with Gasteiger partial charge in [0.25, 0.3) is 0 Å². The second kappa shape index (κ2) is 6.63. The predicted molar refractivity (Wildman–Crippen MR) is 90.5 cm³/mol. The predicted octanol–water partition coefficient (Wildman–Crippen LogP) is 3.29. The highest BCUT2D eigenvalue weighted by Gasteiger charge is 2.17. The van der Waals surface area contributed by atoms with Crippen molar-refractivity contribution >= 4 is 28.2 Å². The molecule has 21 heavy (non-hydrogen) atoms. The summed E-state index contributed by atoms with van der Waals surface area (Å²) in [5.74, 6) is 0.720. The first-order chi connectivity index (χ1) is 10.3. The molecule has 0 amide bonds. The summed E-state index contributed by atoms with van der Waals surface area (Å²) in [6.07, 6.45) is 1.19. The van der Waals surface area contributed by atoms with Gasteiger partial charge in [-0.3, -0.25) is 4.98 Å². The van der Waals surface area contributed by atoms with E-state index < -0.39 is 0 Å². The van der Waals surface area contributed by atoms with Crippen LogP contribution in [0.15, 0.2) is 30.3 Å². The number of aromatic nitrogens is 1. The fourth-order valence-corrected chi connectivity index (χ4v) is 3.34. The molecule has 0 unspecified atom stereocenters. The van der Waals surface area contributed by atoms with Crippen LogP contribution in [0.3, 0.4) is 0 Å². The molecule has 1 aliphatic heterocycles. The molecule has 0 atom stereocenters.